The quantitative estimate of drug-likeness (QED) is 0.562. The fraction of sp³-hybridized carbons (Fsp3) is 0.381. The molecule has 156 valence electrons. The molecule has 29 heavy (non-hydrogen) atoms. The predicted molar refractivity (Wildman–Crippen MR) is 111 cm³/mol. The number of rotatable bonds is 8. The van der Waals surface area contributed by atoms with E-state index in [0.29, 0.717) is 25.3 Å². The molecule has 0 saturated carbocycles. The molecule has 0 radical (unpaired) electrons. The van der Waals surface area contributed by atoms with Crippen molar-refractivity contribution in [2.75, 3.05) is 20.3 Å². The first-order valence-electron chi connectivity index (χ1n) is 9.43. The van der Waals surface area contributed by atoms with Gasteiger partial charge >= 0.3 is 5.97 Å². The molecule has 1 fully saturated rings. The number of carboxylic acids is 1. The summed E-state index contributed by atoms with van der Waals surface area (Å²) in [7, 11) is 0.0913. The van der Waals surface area contributed by atoms with Gasteiger partial charge < -0.3 is 29.6 Å². The molecule has 2 aromatic carbocycles. The minimum absolute atomic E-state index is 0.0846. The fourth-order valence-corrected chi connectivity index (χ4v) is 4.24. The van der Waals surface area contributed by atoms with Crippen molar-refractivity contribution in [3.8, 4) is 5.75 Å². The lowest BCUT2D eigenvalue weighted by Gasteiger charge is -2.38. The van der Waals surface area contributed by atoms with Crippen LogP contribution < -0.4 is 10.1 Å². The van der Waals surface area contributed by atoms with E-state index in [9.17, 15) is 19.6 Å². The zero-order valence-corrected chi connectivity index (χ0v) is 17.4. The van der Waals surface area contributed by atoms with Crippen molar-refractivity contribution in [2.24, 2.45) is 0 Å². The molecule has 2 unspecified atom stereocenters. The Kier molecular flexibility index (Phi) is 7.09. The molecule has 1 saturated heterocycles. The zero-order chi connectivity index (χ0) is 20.9. The van der Waals surface area contributed by atoms with Gasteiger partial charge in [0.2, 0.25) is 0 Å². The molecular weight excluding hydrogens is 393 g/mol. The van der Waals surface area contributed by atoms with Crippen molar-refractivity contribution < 1.29 is 29.0 Å². The minimum Gasteiger partial charge on any atom is -0.497 e. The van der Waals surface area contributed by atoms with E-state index in [1.807, 2.05) is 18.2 Å². The van der Waals surface area contributed by atoms with Crippen LogP contribution in [0.1, 0.15) is 21.5 Å². The van der Waals surface area contributed by atoms with E-state index in [1.165, 1.54) is 0 Å². The van der Waals surface area contributed by atoms with Crippen LogP contribution in [-0.4, -0.2) is 53.9 Å². The normalized spacial score (nSPS) is 21.7. The average Bonchev–Trinajstić information content (AvgIpc) is 2.75. The molecule has 0 aliphatic carbocycles. The molecule has 8 heteroatoms. The van der Waals surface area contributed by atoms with E-state index in [4.69, 9.17) is 9.47 Å². The van der Waals surface area contributed by atoms with Crippen molar-refractivity contribution in [1.29, 1.82) is 0 Å². The summed E-state index contributed by atoms with van der Waals surface area (Å²) in [6.45, 7) is 0.630. The highest BCUT2D eigenvalue weighted by Gasteiger charge is 2.39. The third-order valence-electron chi connectivity index (χ3n) is 5.21. The Bertz CT molecular complexity index is 851. The second kappa shape index (κ2) is 9.55. The second-order valence-corrected chi connectivity index (χ2v) is 8.46. The van der Waals surface area contributed by atoms with Crippen LogP contribution in [0.15, 0.2) is 48.5 Å². The van der Waals surface area contributed by atoms with Crippen LogP contribution in [0.25, 0.3) is 0 Å². The number of hydrogen-bond acceptors (Lipinski definition) is 6. The van der Waals surface area contributed by atoms with Crippen LogP contribution in [0, 0.1) is 0 Å². The number of morpholine rings is 1. The van der Waals surface area contributed by atoms with Gasteiger partial charge in [0.05, 0.1) is 27.7 Å². The molecule has 0 aromatic heterocycles. The van der Waals surface area contributed by atoms with E-state index in [1.54, 1.807) is 37.4 Å². The van der Waals surface area contributed by atoms with Gasteiger partial charge in [-0.2, -0.15) is 0 Å². The largest absolute Gasteiger partial charge is 0.497 e. The SMILES string of the molecule is COc1ccc(CC(O)([PH2]=O)[C@H]2CN[C@H](Cc3ccccc3C(=O)O)CO2)cc1. The van der Waals surface area contributed by atoms with Crippen molar-refractivity contribution in [1.82, 2.24) is 5.32 Å². The van der Waals surface area contributed by atoms with E-state index in [2.05, 4.69) is 5.32 Å². The Balaban J connectivity index is 1.62. The highest BCUT2D eigenvalue weighted by Crippen LogP contribution is 2.32. The fourth-order valence-electron chi connectivity index (χ4n) is 3.55. The first kappa shape index (κ1) is 21.5. The number of carbonyl (C=O) groups is 1. The summed E-state index contributed by atoms with van der Waals surface area (Å²) in [5, 5.41) is 22.1. The van der Waals surface area contributed by atoms with Crippen molar-refractivity contribution in [3.05, 3.63) is 65.2 Å². The summed E-state index contributed by atoms with van der Waals surface area (Å²) in [5.74, 6) is -0.245. The van der Waals surface area contributed by atoms with Gasteiger partial charge in [0.1, 0.15) is 17.2 Å². The zero-order valence-electron chi connectivity index (χ0n) is 16.2. The lowest BCUT2D eigenvalue weighted by atomic mass is 9.98. The Morgan fingerprint density at radius 2 is 2.00 bits per heavy atom. The van der Waals surface area contributed by atoms with Gasteiger partial charge in [0, 0.05) is 19.0 Å². The highest BCUT2D eigenvalue weighted by molar-refractivity contribution is 7.25. The van der Waals surface area contributed by atoms with Gasteiger partial charge in [-0.3, -0.25) is 0 Å². The van der Waals surface area contributed by atoms with E-state index < -0.39 is 25.9 Å². The number of methoxy groups -OCH3 is 1. The van der Waals surface area contributed by atoms with Crippen molar-refractivity contribution >= 4 is 14.4 Å². The Morgan fingerprint density at radius 3 is 2.59 bits per heavy atom. The third kappa shape index (κ3) is 5.25. The number of carboxylic acid groups (broad SMARTS) is 1. The number of benzene rings is 2. The number of aliphatic hydroxyl groups is 1. The number of ether oxygens (including phenoxy) is 2. The van der Waals surface area contributed by atoms with Crippen LogP contribution in [0.4, 0.5) is 0 Å². The van der Waals surface area contributed by atoms with Crippen LogP contribution >= 0.6 is 8.46 Å². The Labute approximate surface area is 170 Å². The summed E-state index contributed by atoms with van der Waals surface area (Å²) in [6.07, 6.45) is 0.105. The van der Waals surface area contributed by atoms with Gasteiger partial charge in [-0.05, 0) is 35.7 Å². The minimum atomic E-state index is -1.49. The van der Waals surface area contributed by atoms with Crippen LogP contribution in [-0.2, 0) is 22.1 Å². The molecule has 1 heterocycles. The Morgan fingerprint density at radius 1 is 1.28 bits per heavy atom. The molecular formula is C21H26NO6P. The third-order valence-corrected chi connectivity index (χ3v) is 6.20. The number of nitrogens with one attached hydrogen (secondary N) is 1. The van der Waals surface area contributed by atoms with Gasteiger partial charge in [-0.15, -0.1) is 0 Å². The molecule has 1 aliphatic rings. The standard InChI is InChI=1S/C21H26NO6P/c1-27-17-8-6-14(7-9-17)11-21(25,29-26)19-12-22-16(13-28-19)10-15-4-2-3-5-18(15)20(23)24/h2-9,16,19,22,25H,10-13,29H2,1H3,(H,23,24)/t16-,19-,21?/m1/s1. The van der Waals surface area contributed by atoms with Gasteiger partial charge in [0.15, 0.2) is 0 Å². The van der Waals surface area contributed by atoms with Crippen LogP contribution in [0.3, 0.4) is 0 Å². The first-order chi connectivity index (χ1) is 13.9. The molecule has 0 amide bonds. The molecule has 0 bridgehead atoms. The molecule has 0 spiro atoms. The number of hydrogen-bond donors (Lipinski definition) is 3. The second-order valence-electron chi connectivity index (χ2n) is 7.23. The maximum Gasteiger partial charge on any atom is 0.335 e. The van der Waals surface area contributed by atoms with Crippen molar-refractivity contribution in [2.45, 2.75) is 30.3 Å². The molecule has 4 atom stereocenters. The smallest absolute Gasteiger partial charge is 0.335 e. The summed E-state index contributed by atoms with van der Waals surface area (Å²) >= 11 is 0. The van der Waals surface area contributed by atoms with Crippen LogP contribution in [0.2, 0.25) is 0 Å². The lowest BCUT2D eigenvalue weighted by molar-refractivity contribution is -0.0845. The highest BCUT2D eigenvalue weighted by atomic mass is 31.1. The predicted octanol–water partition coefficient (Wildman–Crippen LogP) is 1.98. The number of aromatic carboxylic acids is 1. The summed E-state index contributed by atoms with van der Waals surface area (Å²) in [4.78, 5) is 11.4. The van der Waals surface area contributed by atoms with Gasteiger partial charge in [-0.1, -0.05) is 30.3 Å². The maximum atomic E-state index is 11.9. The van der Waals surface area contributed by atoms with E-state index in [0.717, 1.165) is 11.1 Å². The van der Waals surface area contributed by atoms with Gasteiger partial charge in [-0.25, -0.2) is 4.79 Å². The van der Waals surface area contributed by atoms with Crippen molar-refractivity contribution in [3.63, 3.8) is 0 Å². The average molecular weight is 419 g/mol. The lowest BCUT2D eigenvalue weighted by Crippen LogP contribution is -2.55. The van der Waals surface area contributed by atoms with E-state index >= 15 is 0 Å². The van der Waals surface area contributed by atoms with Gasteiger partial charge in [0.25, 0.3) is 0 Å². The Hall–Kier alpha value is -2.18. The maximum absolute atomic E-state index is 11.9. The molecule has 7 nitrogen and oxygen atoms in total. The molecule has 3 N–H and O–H groups in total. The molecule has 2 aromatic rings. The topological polar surface area (TPSA) is 105 Å². The summed E-state index contributed by atoms with van der Waals surface area (Å²) in [5.41, 5.74) is 1.84. The molecule has 1 aliphatic heterocycles. The van der Waals surface area contributed by atoms with Crippen LogP contribution in [0.5, 0.6) is 5.75 Å². The summed E-state index contributed by atoms with van der Waals surface area (Å²) in [6, 6.07) is 14.1. The molecule has 3 rings (SSSR count). The monoisotopic (exact) mass is 419 g/mol. The first-order valence-corrected chi connectivity index (χ1v) is 10.5. The summed E-state index contributed by atoms with van der Waals surface area (Å²) < 4.78 is 22.9. The van der Waals surface area contributed by atoms with E-state index in [-0.39, 0.29) is 18.0 Å².